The summed E-state index contributed by atoms with van der Waals surface area (Å²) in [4.78, 5) is 0. The van der Waals surface area contributed by atoms with Gasteiger partial charge in [0.15, 0.2) is 0 Å². The maximum atomic E-state index is 14.0. The Labute approximate surface area is 306 Å². The van der Waals surface area contributed by atoms with Gasteiger partial charge in [0.2, 0.25) is 0 Å². The minimum Gasteiger partial charge on any atom is -0.287 e. The molecule has 9 heteroatoms. The van der Waals surface area contributed by atoms with Crippen LogP contribution in [0.15, 0.2) is 0 Å². The molecule has 0 aliphatic rings. The highest BCUT2D eigenvalue weighted by atomic mass is 31.3. The van der Waals surface area contributed by atoms with E-state index in [0.29, 0.717) is 0 Å². The number of hydrogen-bond donors (Lipinski definition) is 0. The molecule has 49 heavy (non-hydrogen) atoms. The Hall–Kier alpha value is 0.260. The molecule has 0 saturated heterocycles. The number of hydrogen-bond acceptors (Lipinski definition) is 7. The summed E-state index contributed by atoms with van der Waals surface area (Å²) in [5.74, 6) is 0. The minimum atomic E-state index is -4.15. The van der Waals surface area contributed by atoms with Crippen LogP contribution in [0.25, 0.3) is 0 Å². The van der Waals surface area contributed by atoms with E-state index in [1.165, 1.54) is 128 Å². The maximum absolute atomic E-state index is 14.0. The fourth-order valence-electron chi connectivity index (χ4n) is 5.94. The van der Waals surface area contributed by atoms with Gasteiger partial charge in [-0.2, -0.15) is 4.31 Å². The monoisotopic (exact) mass is 739 g/mol. The van der Waals surface area contributed by atoms with Crippen LogP contribution in [0.3, 0.4) is 0 Å². The predicted octanol–water partition coefficient (Wildman–Crippen LogP) is 15.8. The third-order valence-corrected chi connectivity index (χ3v) is 12.8. The van der Waals surface area contributed by atoms with Crippen LogP contribution in [0.4, 0.5) is 0 Å². The van der Waals surface area contributed by atoms with Crippen molar-refractivity contribution in [1.82, 2.24) is 0 Å². The Balaban J connectivity index is 5.10. The molecule has 0 aliphatic carbocycles. The Morgan fingerprint density at radius 3 is 0.612 bits per heavy atom. The molecule has 0 rings (SSSR count). The second-order valence-corrected chi connectivity index (χ2v) is 17.7. The van der Waals surface area contributed by atoms with Gasteiger partial charge in [-0.15, -0.1) is 0 Å². The topological polar surface area (TPSA) is 80.3 Å². The van der Waals surface area contributed by atoms with E-state index in [1.807, 2.05) is 0 Å². The first-order valence-corrected chi connectivity index (χ1v) is 24.4. The summed E-state index contributed by atoms with van der Waals surface area (Å²) in [5, 5.41) is 0. The molecule has 0 aromatic heterocycles. The lowest BCUT2D eigenvalue weighted by Crippen LogP contribution is -2.07. The zero-order valence-corrected chi connectivity index (χ0v) is 35.0. The fraction of sp³-hybridized carbons (Fsp3) is 1.00. The zero-order chi connectivity index (χ0) is 36.0. The minimum absolute atomic E-state index is 0.236. The zero-order valence-electron chi connectivity index (χ0n) is 33.2. The van der Waals surface area contributed by atoms with Crippen LogP contribution in [0.1, 0.15) is 233 Å². The second kappa shape index (κ2) is 38.0. The molecule has 0 unspecified atom stereocenters. The predicted molar refractivity (Wildman–Crippen MR) is 211 cm³/mol. The summed E-state index contributed by atoms with van der Waals surface area (Å²) >= 11 is 0. The molecular formula is C40H84O7P2. The van der Waals surface area contributed by atoms with E-state index < -0.39 is 15.6 Å². The van der Waals surface area contributed by atoms with Gasteiger partial charge in [-0.1, -0.05) is 207 Å². The fourth-order valence-corrected chi connectivity index (χ4v) is 9.23. The molecule has 0 saturated carbocycles. The molecule has 296 valence electrons. The van der Waals surface area contributed by atoms with Crippen molar-refractivity contribution in [2.24, 2.45) is 0 Å². The van der Waals surface area contributed by atoms with Crippen molar-refractivity contribution in [1.29, 1.82) is 0 Å². The summed E-state index contributed by atoms with van der Waals surface area (Å²) in [6.07, 6.45) is 36.7. The first-order chi connectivity index (χ1) is 23.9. The molecule has 0 aromatic rings. The lowest BCUT2D eigenvalue weighted by atomic mass is 10.1. The van der Waals surface area contributed by atoms with E-state index in [1.54, 1.807) is 0 Å². The molecule has 0 fully saturated rings. The largest absolute Gasteiger partial charge is 0.483 e. The van der Waals surface area contributed by atoms with Crippen molar-refractivity contribution >= 4 is 15.6 Å². The van der Waals surface area contributed by atoms with Crippen molar-refractivity contribution in [3.63, 3.8) is 0 Å². The number of unbranched alkanes of at least 4 members (excludes halogenated alkanes) is 28. The molecule has 0 bridgehead atoms. The van der Waals surface area contributed by atoms with Crippen LogP contribution >= 0.6 is 15.6 Å². The molecule has 0 spiro atoms. The Bertz CT molecular complexity index is 640. The van der Waals surface area contributed by atoms with Crippen molar-refractivity contribution < 1.29 is 31.5 Å². The standard InChI is InChI=1S/C40H84O7P2/c1-5-9-13-17-21-25-29-33-37-43-48(41,44-38-34-30-26-22-18-14-10-6-2)47-49(42,45-39-35-31-27-23-19-15-11-7-3)46-40-36-32-28-24-20-16-12-8-4/h5-40H2,1-4H3. The Morgan fingerprint density at radius 2 is 0.429 bits per heavy atom. The maximum Gasteiger partial charge on any atom is 0.483 e. The van der Waals surface area contributed by atoms with Gasteiger partial charge in [0.25, 0.3) is 0 Å². The van der Waals surface area contributed by atoms with Gasteiger partial charge in [-0.05, 0) is 25.7 Å². The third-order valence-electron chi connectivity index (χ3n) is 9.19. The average Bonchev–Trinajstić information content (AvgIpc) is 3.09. The van der Waals surface area contributed by atoms with Crippen LogP contribution in [0.2, 0.25) is 0 Å². The summed E-state index contributed by atoms with van der Waals surface area (Å²) < 4.78 is 56.9. The van der Waals surface area contributed by atoms with Gasteiger partial charge in [0.1, 0.15) is 0 Å². The molecule has 0 amide bonds. The summed E-state index contributed by atoms with van der Waals surface area (Å²) in [5.41, 5.74) is 0. The lowest BCUT2D eigenvalue weighted by molar-refractivity contribution is 0.105. The van der Waals surface area contributed by atoms with Crippen molar-refractivity contribution in [3.05, 3.63) is 0 Å². The summed E-state index contributed by atoms with van der Waals surface area (Å²) in [7, 11) is -8.30. The smallest absolute Gasteiger partial charge is 0.287 e. The number of phosphoric acid groups is 2. The Kier molecular flexibility index (Phi) is 38.2. The second-order valence-electron chi connectivity index (χ2n) is 14.2. The van der Waals surface area contributed by atoms with E-state index in [-0.39, 0.29) is 26.4 Å². The summed E-state index contributed by atoms with van der Waals surface area (Å²) in [6, 6.07) is 0. The molecule has 0 heterocycles. The highest BCUT2D eigenvalue weighted by Gasteiger charge is 2.40. The van der Waals surface area contributed by atoms with Gasteiger partial charge in [-0.3, -0.25) is 18.1 Å². The molecule has 0 radical (unpaired) electrons. The first-order valence-electron chi connectivity index (χ1n) is 21.4. The van der Waals surface area contributed by atoms with Crippen LogP contribution < -0.4 is 0 Å². The van der Waals surface area contributed by atoms with Crippen LogP contribution in [0, 0.1) is 0 Å². The molecule has 0 aliphatic heterocycles. The quantitative estimate of drug-likeness (QED) is 0.0455. The van der Waals surface area contributed by atoms with E-state index in [0.717, 1.165) is 77.0 Å². The van der Waals surface area contributed by atoms with Crippen LogP contribution in [-0.2, 0) is 31.5 Å². The van der Waals surface area contributed by atoms with Crippen LogP contribution in [0.5, 0.6) is 0 Å². The third kappa shape index (κ3) is 35.1. The average molecular weight is 739 g/mol. The van der Waals surface area contributed by atoms with Gasteiger partial charge in [0, 0.05) is 0 Å². The van der Waals surface area contributed by atoms with E-state index in [4.69, 9.17) is 22.4 Å². The van der Waals surface area contributed by atoms with E-state index in [9.17, 15) is 9.13 Å². The van der Waals surface area contributed by atoms with Crippen molar-refractivity contribution in [2.45, 2.75) is 233 Å². The highest BCUT2D eigenvalue weighted by Crippen LogP contribution is 2.66. The molecular weight excluding hydrogens is 654 g/mol. The first kappa shape index (κ1) is 49.3. The van der Waals surface area contributed by atoms with Gasteiger partial charge in [-0.25, -0.2) is 9.13 Å². The molecule has 0 atom stereocenters. The molecule has 0 aromatic carbocycles. The lowest BCUT2D eigenvalue weighted by Gasteiger charge is -2.23. The number of phosphoric ester groups is 2. The molecule has 0 N–H and O–H groups in total. The Morgan fingerprint density at radius 1 is 0.265 bits per heavy atom. The normalized spacial score (nSPS) is 12.3. The van der Waals surface area contributed by atoms with Gasteiger partial charge in [0.05, 0.1) is 26.4 Å². The van der Waals surface area contributed by atoms with Gasteiger partial charge < -0.3 is 0 Å². The van der Waals surface area contributed by atoms with Gasteiger partial charge >= 0.3 is 15.6 Å². The van der Waals surface area contributed by atoms with Crippen LogP contribution in [-0.4, -0.2) is 26.4 Å². The van der Waals surface area contributed by atoms with Crippen molar-refractivity contribution in [2.75, 3.05) is 26.4 Å². The van der Waals surface area contributed by atoms with E-state index in [2.05, 4.69) is 27.7 Å². The van der Waals surface area contributed by atoms with E-state index >= 15 is 0 Å². The molecule has 7 nitrogen and oxygen atoms in total. The highest BCUT2D eigenvalue weighted by molar-refractivity contribution is 7.62. The van der Waals surface area contributed by atoms with Crippen molar-refractivity contribution in [3.8, 4) is 0 Å². The summed E-state index contributed by atoms with van der Waals surface area (Å²) in [6.45, 7) is 9.87. The number of rotatable bonds is 42. The SMILES string of the molecule is CCCCCCCCCCOP(=O)(OCCCCCCCCCC)OP(=O)(OCCCCCCCCCC)OCCCCCCCCCC.